The van der Waals surface area contributed by atoms with Gasteiger partial charge in [-0.25, -0.2) is 13.8 Å². The Balaban J connectivity index is 1.75. The highest BCUT2D eigenvalue weighted by atomic mass is 79.9. The van der Waals surface area contributed by atoms with Gasteiger partial charge < -0.3 is 10.1 Å². The molecule has 8 heteroatoms. The van der Waals surface area contributed by atoms with Gasteiger partial charge in [0, 0.05) is 10.9 Å². The van der Waals surface area contributed by atoms with Crippen LogP contribution in [0.5, 0.6) is 5.75 Å². The number of benzene rings is 1. The number of amides is 1. The highest BCUT2D eigenvalue weighted by Gasteiger charge is 2.21. The summed E-state index contributed by atoms with van der Waals surface area (Å²) in [5, 5.41) is 4.74. The number of nitrogens with zero attached hydrogens (tertiary/aromatic N) is 1. The number of carbonyl (C=O) groups is 1. The molecule has 24 heavy (non-hydrogen) atoms. The van der Waals surface area contributed by atoms with Crippen molar-refractivity contribution in [2.45, 2.75) is 19.3 Å². The number of thiazole rings is 1. The highest BCUT2D eigenvalue weighted by molar-refractivity contribution is 9.09. The van der Waals surface area contributed by atoms with E-state index < -0.39 is 11.6 Å². The summed E-state index contributed by atoms with van der Waals surface area (Å²) in [7, 11) is 0. The van der Waals surface area contributed by atoms with Crippen LogP contribution in [-0.4, -0.2) is 22.8 Å². The number of carbonyl (C=O) groups excluding carboxylic acids is 1. The van der Waals surface area contributed by atoms with Crippen LogP contribution < -0.4 is 10.1 Å². The molecule has 4 nitrogen and oxygen atoms in total. The quantitative estimate of drug-likeness (QED) is 0.699. The molecule has 0 aliphatic heterocycles. The van der Waals surface area contributed by atoms with Crippen LogP contribution >= 0.6 is 27.3 Å². The monoisotopic (exact) mass is 416 g/mol. The molecular formula is C16H15BrF2N2O2S. The first-order chi connectivity index (χ1) is 11.6. The zero-order valence-corrected chi connectivity index (χ0v) is 15.1. The van der Waals surface area contributed by atoms with Crippen LogP contribution in [0.1, 0.15) is 19.3 Å². The van der Waals surface area contributed by atoms with E-state index in [0.717, 1.165) is 19.3 Å². The van der Waals surface area contributed by atoms with Crippen LogP contribution in [0, 0.1) is 17.6 Å². The zero-order chi connectivity index (χ0) is 17.1. The number of anilines is 1. The van der Waals surface area contributed by atoms with Gasteiger partial charge in [0.25, 0.3) is 0 Å². The maximum Gasteiger partial charge on any atom is 0.236 e. The lowest BCUT2D eigenvalue weighted by molar-refractivity contribution is -0.113. The van der Waals surface area contributed by atoms with Gasteiger partial charge in [-0.2, -0.15) is 0 Å². The van der Waals surface area contributed by atoms with Crippen molar-refractivity contribution in [3.05, 3.63) is 29.1 Å². The van der Waals surface area contributed by atoms with Gasteiger partial charge in [0.2, 0.25) is 5.91 Å². The molecule has 1 heterocycles. The van der Waals surface area contributed by atoms with Crippen molar-refractivity contribution < 1.29 is 18.3 Å². The van der Waals surface area contributed by atoms with Crippen molar-refractivity contribution in [3.63, 3.8) is 0 Å². The molecule has 0 radical (unpaired) electrons. The van der Waals surface area contributed by atoms with Gasteiger partial charge in [0.1, 0.15) is 0 Å². The van der Waals surface area contributed by atoms with Gasteiger partial charge in [-0.3, -0.25) is 4.79 Å². The molecule has 1 fully saturated rings. The predicted molar refractivity (Wildman–Crippen MR) is 92.7 cm³/mol. The average molecular weight is 417 g/mol. The molecule has 0 saturated heterocycles. The molecule has 3 rings (SSSR count). The number of ether oxygens (including phenoxy) is 1. The number of hydrogen-bond acceptors (Lipinski definition) is 4. The molecule has 0 spiro atoms. The van der Waals surface area contributed by atoms with Crippen LogP contribution in [-0.2, 0) is 4.79 Å². The molecule has 1 N–H and O–H groups in total. The Labute approximate surface area is 150 Å². The second-order valence-electron chi connectivity index (χ2n) is 5.60. The van der Waals surface area contributed by atoms with Crippen LogP contribution in [0.25, 0.3) is 11.3 Å². The number of alkyl halides is 1. The Morgan fingerprint density at radius 3 is 2.67 bits per heavy atom. The summed E-state index contributed by atoms with van der Waals surface area (Å²) >= 11 is 4.23. The molecule has 0 bridgehead atoms. The summed E-state index contributed by atoms with van der Waals surface area (Å²) in [5.74, 6) is -1.68. The minimum absolute atomic E-state index is 0.151. The molecule has 1 aromatic heterocycles. The molecular weight excluding hydrogens is 402 g/mol. The van der Waals surface area contributed by atoms with Crippen molar-refractivity contribution in [2.75, 3.05) is 17.3 Å². The fourth-order valence-corrected chi connectivity index (χ4v) is 3.20. The second kappa shape index (κ2) is 7.57. The lowest BCUT2D eigenvalue weighted by atomic mass is 9.86. The van der Waals surface area contributed by atoms with E-state index in [1.54, 1.807) is 5.38 Å². The maximum absolute atomic E-state index is 14.2. The third-order valence-corrected chi connectivity index (χ3v) is 5.12. The Morgan fingerprint density at radius 2 is 2.08 bits per heavy atom. The molecule has 128 valence electrons. The molecule has 0 atom stereocenters. The van der Waals surface area contributed by atoms with E-state index in [2.05, 4.69) is 26.2 Å². The van der Waals surface area contributed by atoms with Crippen molar-refractivity contribution in [2.24, 2.45) is 5.92 Å². The summed E-state index contributed by atoms with van der Waals surface area (Å²) in [6, 6.07) is 2.40. The lowest BCUT2D eigenvalue weighted by Gasteiger charge is -2.25. The van der Waals surface area contributed by atoms with Crippen molar-refractivity contribution in [1.82, 2.24) is 4.98 Å². The van der Waals surface area contributed by atoms with E-state index in [-0.39, 0.29) is 17.0 Å². The molecule has 1 saturated carbocycles. The van der Waals surface area contributed by atoms with E-state index in [4.69, 9.17) is 4.74 Å². The largest absolute Gasteiger partial charge is 0.487 e. The van der Waals surface area contributed by atoms with E-state index in [1.165, 1.54) is 23.5 Å². The topological polar surface area (TPSA) is 51.2 Å². The SMILES string of the molecule is O=C(CBr)Nc1nc(-c2cc(F)c(OCC3CCC3)c(F)c2)cs1. The number of hydrogen-bond donors (Lipinski definition) is 1. The Bertz CT molecular complexity index is 726. The first-order valence-electron chi connectivity index (χ1n) is 7.50. The van der Waals surface area contributed by atoms with Crippen LogP contribution in [0.4, 0.5) is 13.9 Å². The molecule has 2 aromatic rings. The van der Waals surface area contributed by atoms with Gasteiger partial charge in [0.05, 0.1) is 17.6 Å². The van der Waals surface area contributed by atoms with Crippen LogP contribution in [0.3, 0.4) is 0 Å². The van der Waals surface area contributed by atoms with Crippen LogP contribution in [0.15, 0.2) is 17.5 Å². The molecule has 1 aliphatic rings. The third-order valence-electron chi connectivity index (χ3n) is 3.85. The summed E-state index contributed by atoms with van der Waals surface area (Å²) < 4.78 is 33.7. The van der Waals surface area contributed by atoms with Crippen molar-refractivity contribution in [3.8, 4) is 17.0 Å². The van der Waals surface area contributed by atoms with Crippen LogP contribution in [0.2, 0.25) is 0 Å². The van der Waals surface area contributed by atoms with E-state index in [0.29, 0.717) is 28.9 Å². The maximum atomic E-state index is 14.2. The fourth-order valence-electron chi connectivity index (χ4n) is 2.32. The normalized spacial score (nSPS) is 14.3. The molecule has 1 aliphatic carbocycles. The predicted octanol–water partition coefficient (Wildman–Crippen LogP) is 4.60. The third kappa shape index (κ3) is 3.92. The Kier molecular flexibility index (Phi) is 5.45. The standard InChI is InChI=1S/C16H15BrF2N2O2S/c17-6-14(22)21-16-20-13(8-24-16)10-4-11(18)15(12(19)5-10)23-7-9-2-1-3-9/h4-5,8-9H,1-3,6-7H2,(H,20,21,22). The van der Waals surface area contributed by atoms with E-state index >= 15 is 0 Å². The smallest absolute Gasteiger partial charge is 0.236 e. The minimum atomic E-state index is -0.747. The van der Waals surface area contributed by atoms with Gasteiger partial charge in [0.15, 0.2) is 22.5 Å². The minimum Gasteiger partial charge on any atom is -0.487 e. The van der Waals surface area contributed by atoms with Gasteiger partial charge in [-0.15, -0.1) is 11.3 Å². The zero-order valence-electron chi connectivity index (χ0n) is 12.7. The fraction of sp³-hybridized carbons (Fsp3) is 0.375. The van der Waals surface area contributed by atoms with Gasteiger partial charge in [-0.05, 0) is 30.9 Å². The summed E-state index contributed by atoms with van der Waals surface area (Å²) in [4.78, 5) is 15.5. The van der Waals surface area contributed by atoms with Gasteiger partial charge in [-0.1, -0.05) is 22.4 Å². The average Bonchev–Trinajstić information content (AvgIpc) is 2.96. The number of aromatic nitrogens is 1. The number of rotatable bonds is 6. The lowest BCUT2D eigenvalue weighted by Crippen LogP contribution is -2.20. The van der Waals surface area contributed by atoms with E-state index in [9.17, 15) is 13.6 Å². The number of nitrogens with one attached hydrogen (secondary N) is 1. The Morgan fingerprint density at radius 1 is 1.38 bits per heavy atom. The summed E-state index contributed by atoms with van der Waals surface area (Å²) in [5.41, 5.74) is 0.699. The second-order valence-corrected chi connectivity index (χ2v) is 7.02. The van der Waals surface area contributed by atoms with Gasteiger partial charge >= 0.3 is 0 Å². The first kappa shape index (κ1) is 17.3. The number of halogens is 3. The molecule has 0 unspecified atom stereocenters. The first-order valence-corrected chi connectivity index (χ1v) is 9.50. The van der Waals surface area contributed by atoms with E-state index in [1.807, 2.05) is 0 Å². The molecule has 1 amide bonds. The summed E-state index contributed by atoms with van der Waals surface area (Å²) in [6.45, 7) is 0.340. The molecule has 1 aromatic carbocycles. The summed E-state index contributed by atoms with van der Waals surface area (Å²) in [6.07, 6.45) is 3.24. The van der Waals surface area contributed by atoms with Crippen molar-refractivity contribution in [1.29, 1.82) is 0 Å². The Hall–Kier alpha value is -1.54. The van der Waals surface area contributed by atoms with Crippen molar-refractivity contribution >= 4 is 38.3 Å². The highest BCUT2D eigenvalue weighted by Crippen LogP contribution is 2.32.